The van der Waals surface area contributed by atoms with Crippen LogP contribution in [0.4, 0.5) is 0 Å². The highest BCUT2D eigenvalue weighted by Crippen LogP contribution is 2.31. The van der Waals surface area contributed by atoms with Crippen molar-refractivity contribution in [1.82, 2.24) is 0 Å². The highest BCUT2D eigenvalue weighted by Gasteiger charge is 2.41. The summed E-state index contributed by atoms with van der Waals surface area (Å²) in [4.78, 5) is 9.45. The van der Waals surface area contributed by atoms with Gasteiger partial charge in [-0.1, -0.05) is 26.0 Å². The first-order valence-corrected chi connectivity index (χ1v) is 6.52. The van der Waals surface area contributed by atoms with Crippen molar-refractivity contribution in [2.45, 2.75) is 38.3 Å². The second kappa shape index (κ2) is 6.55. The van der Waals surface area contributed by atoms with E-state index >= 15 is 0 Å². The van der Waals surface area contributed by atoms with Crippen molar-refractivity contribution in [3.8, 4) is 0 Å². The molecule has 1 atom stereocenters. The number of methoxy groups -OCH3 is 2. The summed E-state index contributed by atoms with van der Waals surface area (Å²) in [5, 5.41) is 0. The molecule has 1 rings (SSSR count). The summed E-state index contributed by atoms with van der Waals surface area (Å²) in [6, 6.07) is -0.0947. The van der Waals surface area contributed by atoms with Crippen molar-refractivity contribution in [1.29, 1.82) is 0 Å². The standard InChI is InChI=1S/C15H24N2O2/c1-7-9-15(10-8-2)14(19-6)16-12(11(3)4)13(17-15)18-5/h7-8,11-12H,1-2,9-10H2,3-6H3/t12-/m1/s1. The van der Waals surface area contributed by atoms with Crippen LogP contribution in [0.2, 0.25) is 0 Å². The van der Waals surface area contributed by atoms with Gasteiger partial charge in [0.2, 0.25) is 11.8 Å². The molecule has 4 heteroatoms. The van der Waals surface area contributed by atoms with Crippen LogP contribution in [0.3, 0.4) is 0 Å². The van der Waals surface area contributed by atoms with Crippen LogP contribution in [0, 0.1) is 5.92 Å². The van der Waals surface area contributed by atoms with Crippen LogP contribution in [0.15, 0.2) is 35.3 Å². The van der Waals surface area contributed by atoms with Crippen LogP contribution in [0.5, 0.6) is 0 Å². The lowest BCUT2D eigenvalue weighted by Crippen LogP contribution is -2.46. The molecule has 0 bridgehead atoms. The molecule has 0 radical (unpaired) electrons. The van der Waals surface area contributed by atoms with Gasteiger partial charge >= 0.3 is 0 Å². The molecule has 106 valence electrons. The van der Waals surface area contributed by atoms with Crippen LogP contribution in [-0.2, 0) is 9.47 Å². The molecule has 0 saturated carbocycles. The Balaban J connectivity index is 3.28. The first-order chi connectivity index (χ1) is 9.04. The summed E-state index contributed by atoms with van der Waals surface area (Å²) >= 11 is 0. The van der Waals surface area contributed by atoms with Crippen LogP contribution < -0.4 is 0 Å². The van der Waals surface area contributed by atoms with Gasteiger partial charge in [-0.05, 0) is 18.8 Å². The summed E-state index contributed by atoms with van der Waals surface area (Å²) < 4.78 is 10.9. The van der Waals surface area contributed by atoms with Crippen molar-refractivity contribution in [3.63, 3.8) is 0 Å². The molecular weight excluding hydrogens is 240 g/mol. The molecule has 1 aliphatic rings. The lowest BCUT2D eigenvalue weighted by atomic mass is 9.88. The van der Waals surface area contributed by atoms with E-state index in [1.165, 1.54) is 0 Å². The summed E-state index contributed by atoms with van der Waals surface area (Å²) in [5.41, 5.74) is -0.561. The van der Waals surface area contributed by atoms with E-state index in [0.717, 1.165) is 0 Å². The molecule has 0 unspecified atom stereocenters. The van der Waals surface area contributed by atoms with E-state index in [2.05, 4.69) is 32.0 Å². The highest BCUT2D eigenvalue weighted by molar-refractivity contribution is 5.97. The fraction of sp³-hybridized carbons (Fsp3) is 0.600. The number of rotatable bonds is 5. The minimum absolute atomic E-state index is 0.0947. The molecule has 19 heavy (non-hydrogen) atoms. The minimum atomic E-state index is -0.561. The fourth-order valence-electron chi connectivity index (χ4n) is 2.30. The van der Waals surface area contributed by atoms with Gasteiger partial charge in [-0.2, -0.15) is 0 Å². The zero-order valence-corrected chi connectivity index (χ0v) is 12.3. The first kappa shape index (κ1) is 15.5. The highest BCUT2D eigenvalue weighted by atomic mass is 16.5. The Labute approximate surface area is 115 Å². The quantitative estimate of drug-likeness (QED) is 0.716. The van der Waals surface area contributed by atoms with E-state index in [9.17, 15) is 0 Å². The monoisotopic (exact) mass is 264 g/mol. The fourth-order valence-corrected chi connectivity index (χ4v) is 2.30. The second-order valence-corrected chi connectivity index (χ2v) is 5.00. The summed E-state index contributed by atoms with van der Waals surface area (Å²) in [5.74, 6) is 1.58. The molecule has 0 saturated heterocycles. The topological polar surface area (TPSA) is 43.2 Å². The SMILES string of the molecule is C=CCC1(CC=C)N=C(OC)[C@@H](C(C)C)N=C1OC. The van der Waals surface area contributed by atoms with Crippen molar-refractivity contribution >= 4 is 11.8 Å². The van der Waals surface area contributed by atoms with E-state index in [1.807, 2.05) is 12.2 Å². The van der Waals surface area contributed by atoms with Crippen molar-refractivity contribution in [2.24, 2.45) is 15.9 Å². The molecule has 0 aliphatic carbocycles. The minimum Gasteiger partial charge on any atom is -0.483 e. The van der Waals surface area contributed by atoms with Gasteiger partial charge in [-0.3, -0.25) is 0 Å². The number of hydrogen-bond donors (Lipinski definition) is 0. The predicted molar refractivity (Wildman–Crippen MR) is 79.9 cm³/mol. The zero-order chi connectivity index (χ0) is 14.5. The number of aliphatic imine (C=N–C) groups is 2. The number of hydrogen-bond acceptors (Lipinski definition) is 4. The van der Waals surface area contributed by atoms with E-state index in [1.54, 1.807) is 14.2 Å². The maximum Gasteiger partial charge on any atom is 0.213 e. The first-order valence-electron chi connectivity index (χ1n) is 6.52. The molecule has 1 aliphatic heterocycles. The van der Waals surface area contributed by atoms with Gasteiger partial charge in [0.25, 0.3) is 0 Å². The smallest absolute Gasteiger partial charge is 0.213 e. The molecule has 4 nitrogen and oxygen atoms in total. The molecule has 0 fully saturated rings. The van der Waals surface area contributed by atoms with E-state index in [4.69, 9.17) is 14.5 Å². The normalized spacial score (nSPS) is 21.4. The van der Waals surface area contributed by atoms with E-state index in [0.29, 0.717) is 30.6 Å². The maximum absolute atomic E-state index is 5.48. The third kappa shape index (κ3) is 3.06. The van der Waals surface area contributed by atoms with Crippen LogP contribution >= 0.6 is 0 Å². The van der Waals surface area contributed by atoms with Crippen molar-refractivity contribution in [2.75, 3.05) is 14.2 Å². The van der Waals surface area contributed by atoms with Gasteiger partial charge in [0.1, 0.15) is 11.6 Å². The lowest BCUT2D eigenvalue weighted by Gasteiger charge is -2.35. The molecule has 0 amide bonds. The predicted octanol–water partition coefficient (Wildman–Crippen LogP) is 3.01. The van der Waals surface area contributed by atoms with Gasteiger partial charge < -0.3 is 9.47 Å². The third-order valence-electron chi connectivity index (χ3n) is 3.23. The molecule has 0 spiro atoms. The Hall–Kier alpha value is -1.58. The largest absolute Gasteiger partial charge is 0.483 e. The number of ether oxygens (including phenoxy) is 2. The second-order valence-electron chi connectivity index (χ2n) is 5.00. The summed E-state index contributed by atoms with van der Waals surface area (Å²) in [7, 11) is 3.26. The Bertz CT molecular complexity index is 387. The average molecular weight is 264 g/mol. The Kier molecular flexibility index (Phi) is 5.33. The maximum atomic E-state index is 5.48. The van der Waals surface area contributed by atoms with Crippen LogP contribution in [0.1, 0.15) is 26.7 Å². The van der Waals surface area contributed by atoms with E-state index in [-0.39, 0.29) is 6.04 Å². The molecule has 1 heterocycles. The molecule has 0 N–H and O–H groups in total. The van der Waals surface area contributed by atoms with Crippen molar-refractivity contribution < 1.29 is 9.47 Å². The van der Waals surface area contributed by atoms with Gasteiger partial charge in [-0.25, -0.2) is 9.98 Å². The molecule has 0 aromatic heterocycles. The van der Waals surface area contributed by atoms with Gasteiger partial charge in [0, 0.05) is 0 Å². The molecule has 0 aromatic rings. The van der Waals surface area contributed by atoms with Gasteiger partial charge in [-0.15, -0.1) is 13.2 Å². The lowest BCUT2D eigenvalue weighted by molar-refractivity contribution is 0.304. The number of nitrogens with zero attached hydrogens (tertiary/aromatic N) is 2. The Morgan fingerprint density at radius 2 is 1.79 bits per heavy atom. The molecular formula is C15H24N2O2. The van der Waals surface area contributed by atoms with Gasteiger partial charge in [0.05, 0.1) is 14.2 Å². The van der Waals surface area contributed by atoms with Crippen LogP contribution in [-0.4, -0.2) is 37.6 Å². The average Bonchev–Trinajstić information content (AvgIpc) is 2.38. The summed E-state index contributed by atoms with van der Waals surface area (Å²) in [6.45, 7) is 11.8. The summed E-state index contributed by atoms with van der Waals surface area (Å²) in [6.07, 6.45) is 4.93. The molecule has 0 aromatic carbocycles. The van der Waals surface area contributed by atoms with E-state index < -0.39 is 5.54 Å². The Morgan fingerprint density at radius 1 is 1.21 bits per heavy atom. The van der Waals surface area contributed by atoms with Gasteiger partial charge in [0.15, 0.2) is 0 Å². The van der Waals surface area contributed by atoms with Crippen molar-refractivity contribution in [3.05, 3.63) is 25.3 Å². The third-order valence-corrected chi connectivity index (χ3v) is 3.23. The Morgan fingerprint density at radius 3 is 2.16 bits per heavy atom. The van der Waals surface area contributed by atoms with Crippen LogP contribution in [0.25, 0.3) is 0 Å². The zero-order valence-electron chi connectivity index (χ0n) is 12.3.